The van der Waals surface area contributed by atoms with E-state index in [-0.39, 0.29) is 53.0 Å². The SMILES string of the molecule is N#Cc1ccc(COc2cccc(-c3cc(F)c(Cc4nc5ccccc5n4C[C@@H]4CCCO4)cc3F)n2)c(F)c1. The second-order valence-corrected chi connectivity index (χ2v) is 9.93. The highest BCUT2D eigenvalue weighted by molar-refractivity contribution is 5.76. The summed E-state index contributed by atoms with van der Waals surface area (Å²) in [6, 6.07) is 20.7. The van der Waals surface area contributed by atoms with Crippen LogP contribution in [0.15, 0.2) is 72.8 Å². The van der Waals surface area contributed by atoms with Crippen LogP contribution in [0.3, 0.4) is 0 Å². The standard InChI is InChI=1S/C32H25F3N4O2/c33-25-13-20(17-36)10-11-21(25)19-41-32-9-3-7-28(38-32)24-16-26(34)22(14-27(24)35)15-31-37-29-6-1-2-8-30(29)39(31)18-23-5-4-12-40-23/h1-3,6-11,13-14,16,23H,4-5,12,15,18-19H2/t23-/m0/s1. The fourth-order valence-corrected chi connectivity index (χ4v) is 5.08. The van der Waals surface area contributed by atoms with Gasteiger partial charge in [-0.15, -0.1) is 0 Å². The van der Waals surface area contributed by atoms with E-state index < -0.39 is 17.5 Å². The Hall–Kier alpha value is -4.68. The fraction of sp³-hybridized carbons (Fsp3) is 0.219. The van der Waals surface area contributed by atoms with E-state index in [1.165, 1.54) is 18.2 Å². The van der Waals surface area contributed by atoms with Crippen LogP contribution in [0.25, 0.3) is 22.3 Å². The van der Waals surface area contributed by atoms with Crippen LogP contribution in [0.1, 0.15) is 35.4 Å². The largest absolute Gasteiger partial charge is 0.473 e. The maximum Gasteiger partial charge on any atom is 0.214 e. The van der Waals surface area contributed by atoms with Gasteiger partial charge < -0.3 is 14.0 Å². The van der Waals surface area contributed by atoms with Crippen LogP contribution >= 0.6 is 0 Å². The van der Waals surface area contributed by atoms with Gasteiger partial charge in [-0.2, -0.15) is 5.26 Å². The van der Waals surface area contributed by atoms with Crippen molar-refractivity contribution in [2.45, 2.75) is 38.5 Å². The van der Waals surface area contributed by atoms with Crippen LogP contribution in [0.5, 0.6) is 5.88 Å². The summed E-state index contributed by atoms with van der Waals surface area (Å²) in [7, 11) is 0. The highest BCUT2D eigenvalue weighted by Crippen LogP contribution is 2.29. The number of ether oxygens (including phenoxy) is 2. The molecular formula is C32H25F3N4O2. The van der Waals surface area contributed by atoms with Gasteiger partial charge >= 0.3 is 0 Å². The molecule has 41 heavy (non-hydrogen) atoms. The summed E-state index contributed by atoms with van der Waals surface area (Å²) in [4.78, 5) is 9.02. The second-order valence-electron chi connectivity index (χ2n) is 9.93. The Labute approximate surface area is 234 Å². The third-order valence-electron chi connectivity index (χ3n) is 7.19. The summed E-state index contributed by atoms with van der Waals surface area (Å²) in [6.07, 6.45) is 2.11. The predicted octanol–water partition coefficient (Wildman–Crippen LogP) is 6.74. The smallest absolute Gasteiger partial charge is 0.214 e. The number of benzene rings is 3. The molecule has 3 heterocycles. The number of fused-ring (bicyclic) bond motifs is 1. The molecule has 1 aliphatic heterocycles. The molecule has 1 aliphatic rings. The Morgan fingerprint density at radius 2 is 1.78 bits per heavy atom. The monoisotopic (exact) mass is 554 g/mol. The van der Waals surface area contributed by atoms with E-state index in [0.29, 0.717) is 12.4 Å². The molecule has 0 radical (unpaired) electrons. The number of halogens is 3. The Morgan fingerprint density at radius 1 is 0.927 bits per heavy atom. The average Bonchev–Trinajstić information content (AvgIpc) is 3.62. The van der Waals surface area contributed by atoms with E-state index >= 15 is 8.78 Å². The van der Waals surface area contributed by atoms with E-state index in [9.17, 15) is 4.39 Å². The normalized spacial score (nSPS) is 14.8. The van der Waals surface area contributed by atoms with E-state index in [0.717, 1.165) is 42.6 Å². The molecule has 0 N–H and O–H groups in total. The number of nitriles is 1. The van der Waals surface area contributed by atoms with Gasteiger partial charge in [-0.3, -0.25) is 0 Å². The van der Waals surface area contributed by atoms with Crippen molar-refractivity contribution in [2.24, 2.45) is 0 Å². The maximum atomic E-state index is 15.4. The Kier molecular flexibility index (Phi) is 7.40. The molecule has 2 aromatic heterocycles. The van der Waals surface area contributed by atoms with Crippen LogP contribution in [0.4, 0.5) is 13.2 Å². The topological polar surface area (TPSA) is 73.0 Å². The van der Waals surface area contributed by atoms with E-state index in [1.807, 2.05) is 34.9 Å². The number of pyridine rings is 1. The molecule has 0 spiro atoms. The number of hydrogen-bond acceptors (Lipinski definition) is 5. The van der Waals surface area contributed by atoms with Crippen LogP contribution in [0.2, 0.25) is 0 Å². The van der Waals surface area contributed by atoms with Crippen molar-refractivity contribution in [3.63, 3.8) is 0 Å². The lowest BCUT2D eigenvalue weighted by Crippen LogP contribution is -2.17. The number of para-hydroxylation sites is 2. The van der Waals surface area contributed by atoms with E-state index in [4.69, 9.17) is 19.7 Å². The number of hydrogen-bond donors (Lipinski definition) is 0. The van der Waals surface area contributed by atoms with Gasteiger partial charge in [0.05, 0.1) is 41.0 Å². The second kappa shape index (κ2) is 11.4. The minimum Gasteiger partial charge on any atom is -0.473 e. The van der Waals surface area contributed by atoms with Crippen molar-refractivity contribution < 1.29 is 22.6 Å². The molecule has 0 saturated carbocycles. The van der Waals surface area contributed by atoms with Crippen molar-refractivity contribution in [1.29, 1.82) is 5.26 Å². The molecule has 0 aliphatic carbocycles. The first-order valence-electron chi connectivity index (χ1n) is 13.3. The third-order valence-corrected chi connectivity index (χ3v) is 7.19. The molecule has 0 unspecified atom stereocenters. The first-order valence-corrected chi connectivity index (χ1v) is 13.3. The van der Waals surface area contributed by atoms with Gasteiger partial charge in [0.2, 0.25) is 5.88 Å². The highest BCUT2D eigenvalue weighted by Gasteiger charge is 2.21. The van der Waals surface area contributed by atoms with Crippen LogP contribution in [0, 0.1) is 28.8 Å². The van der Waals surface area contributed by atoms with Crippen molar-refractivity contribution in [1.82, 2.24) is 14.5 Å². The lowest BCUT2D eigenvalue weighted by atomic mass is 10.0. The van der Waals surface area contributed by atoms with Gasteiger partial charge in [-0.25, -0.2) is 23.1 Å². The highest BCUT2D eigenvalue weighted by atomic mass is 19.1. The molecule has 206 valence electrons. The number of imidazole rings is 1. The zero-order chi connectivity index (χ0) is 28.3. The molecule has 1 atom stereocenters. The number of nitrogens with zero attached hydrogens (tertiary/aromatic N) is 4. The first kappa shape index (κ1) is 26.5. The lowest BCUT2D eigenvalue weighted by Gasteiger charge is -2.15. The van der Waals surface area contributed by atoms with E-state index in [2.05, 4.69) is 4.98 Å². The first-order chi connectivity index (χ1) is 20.0. The molecule has 5 aromatic rings. The zero-order valence-electron chi connectivity index (χ0n) is 22.0. The minimum absolute atomic E-state index is 0.0193. The quantitative estimate of drug-likeness (QED) is 0.213. The van der Waals surface area contributed by atoms with Gasteiger partial charge in [-0.05, 0) is 60.9 Å². The number of aromatic nitrogens is 3. The summed E-state index contributed by atoms with van der Waals surface area (Å²) in [5.74, 6) is -1.03. The molecule has 1 fully saturated rings. The van der Waals surface area contributed by atoms with Crippen molar-refractivity contribution >= 4 is 11.0 Å². The summed E-state index contributed by atoms with van der Waals surface area (Å²) in [5.41, 5.74) is 2.50. The fourth-order valence-electron chi connectivity index (χ4n) is 5.08. The summed E-state index contributed by atoms with van der Waals surface area (Å²) < 4.78 is 58.5. The van der Waals surface area contributed by atoms with Crippen LogP contribution in [-0.2, 0) is 24.3 Å². The molecule has 6 rings (SSSR count). The molecule has 6 nitrogen and oxygen atoms in total. The third kappa shape index (κ3) is 5.65. The van der Waals surface area contributed by atoms with Gasteiger partial charge in [-0.1, -0.05) is 24.3 Å². The Balaban J connectivity index is 1.24. The van der Waals surface area contributed by atoms with Gasteiger partial charge in [0, 0.05) is 30.2 Å². The number of rotatable bonds is 8. The molecule has 0 bridgehead atoms. The van der Waals surface area contributed by atoms with Crippen molar-refractivity contribution in [3.8, 4) is 23.2 Å². The lowest BCUT2D eigenvalue weighted by molar-refractivity contribution is 0.0973. The van der Waals surface area contributed by atoms with Crippen LogP contribution in [-0.4, -0.2) is 27.2 Å². The van der Waals surface area contributed by atoms with Crippen molar-refractivity contribution in [3.05, 3.63) is 113 Å². The van der Waals surface area contributed by atoms with E-state index in [1.54, 1.807) is 18.2 Å². The molecular weight excluding hydrogens is 529 g/mol. The summed E-state index contributed by atoms with van der Waals surface area (Å²) >= 11 is 0. The van der Waals surface area contributed by atoms with Gasteiger partial charge in [0.15, 0.2) is 0 Å². The molecule has 3 aromatic carbocycles. The average molecular weight is 555 g/mol. The molecule has 0 amide bonds. The van der Waals surface area contributed by atoms with Crippen molar-refractivity contribution in [2.75, 3.05) is 6.61 Å². The summed E-state index contributed by atoms with van der Waals surface area (Å²) in [6.45, 7) is 1.18. The Morgan fingerprint density at radius 3 is 2.59 bits per heavy atom. The Bertz CT molecular complexity index is 1770. The summed E-state index contributed by atoms with van der Waals surface area (Å²) in [5, 5.41) is 8.90. The molecule has 1 saturated heterocycles. The molecule has 9 heteroatoms. The van der Waals surface area contributed by atoms with Gasteiger partial charge in [0.25, 0.3) is 0 Å². The zero-order valence-corrected chi connectivity index (χ0v) is 22.0. The van der Waals surface area contributed by atoms with Gasteiger partial charge in [0.1, 0.15) is 29.9 Å². The predicted molar refractivity (Wildman–Crippen MR) is 147 cm³/mol. The maximum absolute atomic E-state index is 15.4. The van der Waals surface area contributed by atoms with Crippen LogP contribution < -0.4 is 4.74 Å². The minimum atomic E-state index is -0.633.